The van der Waals surface area contributed by atoms with Crippen molar-refractivity contribution in [1.82, 2.24) is 11.5 Å². The van der Waals surface area contributed by atoms with Crippen molar-refractivity contribution in [3.63, 3.8) is 0 Å². The first-order valence-electron chi connectivity index (χ1n) is 15.3. The predicted molar refractivity (Wildman–Crippen MR) is 205 cm³/mol. The van der Waals surface area contributed by atoms with Crippen molar-refractivity contribution in [2.45, 2.75) is 19.6 Å². The van der Waals surface area contributed by atoms with Gasteiger partial charge in [-0.1, -0.05) is 7.43 Å². The van der Waals surface area contributed by atoms with E-state index in [0.29, 0.717) is 85.0 Å². The van der Waals surface area contributed by atoms with Crippen molar-refractivity contribution in [2.75, 3.05) is 95.0 Å². The molecule has 4 saturated heterocycles. The van der Waals surface area contributed by atoms with E-state index in [1.807, 2.05) is 9.80 Å². The van der Waals surface area contributed by atoms with Crippen molar-refractivity contribution in [3.8, 4) is 0 Å². The number of benzene rings is 2. The van der Waals surface area contributed by atoms with Gasteiger partial charge >= 0.3 is 12.2 Å². The number of carbonyl (C=O) groups excluding carboxylic acids is 2. The number of nitrogens with two attached hydrogens (primary N) is 1. The number of thiocarbonyl (C=S) groups is 2. The number of anilines is 4. The summed E-state index contributed by atoms with van der Waals surface area (Å²) in [4.78, 5) is 34.2. The maximum Gasteiger partial charge on any atom is 0.414 e. The average Bonchev–Trinajstić information content (AvgIpc) is 3.65. The maximum absolute atomic E-state index is 14.5. The summed E-state index contributed by atoms with van der Waals surface area (Å²) in [5, 5.41) is 5.11. The van der Waals surface area contributed by atoms with Crippen molar-refractivity contribution < 1.29 is 36.3 Å². The van der Waals surface area contributed by atoms with Gasteiger partial charge in [0.2, 0.25) is 0 Å². The summed E-state index contributed by atoms with van der Waals surface area (Å²) in [7, 11) is -1.63. The van der Waals surface area contributed by atoms with Gasteiger partial charge in [0.05, 0.1) is 54.1 Å². The van der Waals surface area contributed by atoms with Gasteiger partial charge in [0.15, 0.2) is 5.11 Å². The topological polar surface area (TPSA) is 185 Å². The quantitative estimate of drug-likeness (QED) is 0.262. The molecule has 6 N–H and O–H groups in total. The molecule has 6 rings (SSSR count). The third-order valence-corrected chi connectivity index (χ3v) is 11.0. The highest BCUT2D eigenvalue weighted by atomic mass is 32.2. The zero-order valence-electron chi connectivity index (χ0n) is 27.0. The van der Waals surface area contributed by atoms with E-state index in [2.05, 4.69) is 27.7 Å². The van der Waals surface area contributed by atoms with Gasteiger partial charge in [-0.3, -0.25) is 18.2 Å². The normalized spacial score (nSPS) is 20.6. The van der Waals surface area contributed by atoms with Crippen LogP contribution in [0.3, 0.4) is 0 Å². The van der Waals surface area contributed by atoms with Crippen molar-refractivity contribution in [1.29, 1.82) is 0 Å². The molecular formula is C31H42F2N8O6S4. The summed E-state index contributed by atoms with van der Waals surface area (Å²) in [5.41, 5.74) is 7.16. The standard InChI is InChI=1S/C15H19FN4O3S2.C15H16FN3O3S2.CH4.H3N/c16-12-7-10(1-2-13(12)19-3-5-25(22)6-4-19)20-9-11(23-15(20)21)8-18-14(17)24;16-13-7-11(19-9-12(8-17-10-23)22-15(19)20)1-2-14(13)18-3-5-24(21)6-4-18;;/h1-2,7,11H,3-6,8-9H2,(H3,17,18,24);1-2,7,12H,3-6,8-9H2;1H4;1H3/t11-;12-;;/m00../s1. The molecule has 0 bridgehead atoms. The van der Waals surface area contributed by atoms with Gasteiger partial charge in [0, 0.05) is 70.8 Å². The predicted octanol–water partition coefficient (Wildman–Crippen LogP) is 3.17. The number of nitrogens with one attached hydrogen (secondary N) is 1. The number of amides is 2. The van der Waals surface area contributed by atoms with E-state index >= 15 is 0 Å². The van der Waals surface area contributed by atoms with E-state index in [-0.39, 0.29) is 31.8 Å². The summed E-state index contributed by atoms with van der Waals surface area (Å²) >= 11 is 9.22. The van der Waals surface area contributed by atoms with E-state index in [0.717, 1.165) is 0 Å². The zero-order chi connectivity index (χ0) is 35.1. The first-order valence-corrected chi connectivity index (χ1v) is 19.1. The summed E-state index contributed by atoms with van der Waals surface area (Å²) in [5.74, 6) is 1.34. The molecule has 14 nitrogen and oxygen atoms in total. The molecule has 2 amide bonds. The molecule has 0 unspecified atom stereocenters. The summed E-state index contributed by atoms with van der Waals surface area (Å²) in [6.45, 7) is 3.37. The number of aliphatic imine (C=N–C) groups is 1. The number of halogens is 2. The van der Waals surface area contributed by atoms with Crippen LogP contribution >= 0.6 is 24.4 Å². The number of nitrogens with zero attached hydrogens (tertiary/aromatic N) is 5. The Bertz CT molecular complexity index is 1670. The lowest BCUT2D eigenvalue weighted by Gasteiger charge is -2.29. The Labute approximate surface area is 311 Å². The molecule has 2 aromatic carbocycles. The number of hydrogen-bond acceptors (Lipinski definition) is 12. The summed E-state index contributed by atoms with van der Waals surface area (Å²) < 4.78 is 62.2. The highest BCUT2D eigenvalue weighted by Gasteiger charge is 2.34. The molecule has 4 aliphatic rings. The largest absolute Gasteiger partial charge is 0.442 e. The van der Waals surface area contributed by atoms with E-state index in [4.69, 9.17) is 27.4 Å². The second kappa shape index (κ2) is 19.1. The number of cyclic esters (lactones) is 2. The van der Waals surface area contributed by atoms with Gasteiger partial charge in [-0.15, -0.1) is 0 Å². The fourth-order valence-electron chi connectivity index (χ4n) is 5.62. The Hall–Kier alpha value is -3.81. The Kier molecular flexibility index (Phi) is 15.6. The highest BCUT2D eigenvalue weighted by Crippen LogP contribution is 2.30. The fourth-order valence-corrected chi connectivity index (χ4v) is 7.88. The summed E-state index contributed by atoms with van der Waals surface area (Å²) in [6.07, 6.45) is -1.88. The van der Waals surface area contributed by atoms with Crippen LogP contribution in [0.15, 0.2) is 41.4 Å². The van der Waals surface area contributed by atoms with E-state index in [9.17, 15) is 26.8 Å². The molecule has 4 aliphatic heterocycles. The Morgan fingerprint density at radius 3 is 1.71 bits per heavy atom. The van der Waals surface area contributed by atoms with Gasteiger partial charge in [0.25, 0.3) is 0 Å². The number of isothiocyanates is 1. The minimum atomic E-state index is -0.819. The molecule has 0 saturated carbocycles. The molecule has 0 aromatic heterocycles. The molecule has 0 aliphatic carbocycles. The molecule has 2 aromatic rings. The SMILES string of the molecule is C.N.NC(=S)NC[C@H]1CN(c2ccc(N3CCS(=O)CC3)c(F)c2)C(=O)O1.O=C1O[C@@H](CN=C=S)CN1c1ccc(N2CCS(=O)CC2)c(F)c1. The maximum atomic E-state index is 14.5. The molecule has 4 fully saturated rings. The number of ether oxygens (including phenoxy) is 2. The number of carbonyl (C=O) groups is 2. The minimum Gasteiger partial charge on any atom is -0.442 e. The highest BCUT2D eigenvalue weighted by molar-refractivity contribution is 7.85. The zero-order valence-corrected chi connectivity index (χ0v) is 30.2. The second-order valence-corrected chi connectivity index (χ2v) is 15.4. The van der Waals surface area contributed by atoms with Crippen LogP contribution in [0.2, 0.25) is 0 Å². The Morgan fingerprint density at radius 2 is 1.29 bits per heavy atom. The van der Waals surface area contributed by atoms with Crippen LogP contribution in [0.5, 0.6) is 0 Å². The molecule has 2 atom stereocenters. The van der Waals surface area contributed by atoms with Crippen molar-refractivity contribution in [3.05, 3.63) is 48.0 Å². The van der Waals surface area contributed by atoms with E-state index < -0.39 is 57.6 Å². The molecule has 51 heavy (non-hydrogen) atoms. The first-order chi connectivity index (χ1) is 23.5. The second-order valence-electron chi connectivity index (χ2n) is 11.4. The van der Waals surface area contributed by atoms with Gasteiger partial charge in [-0.05, 0) is 60.8 Å². The molecule has 20 heteroatoms. The van der Waals surface area contributed by atoms with Crippen molar-refractivity contribution >= 4 is 91.2 Å². The van der Waals surface area contributed by atoms with Crippen LogP contribution in [0.25, 0.3) is 0 Å². The van der Waals surface area contributed by atoms with E-state index in [1.165, 1.54) is 21.9 Å². The van der Waals surface area contributed by atoms with E-state index in [1.54, 1.807) is 24.3 Å². The smallest absolute Gasteiger partial charge is 0.414 e. The Balaban J connectivity index is 0.000000265. The lowest BCUT2D eigenvalue weighted by molar-refractivity contribution is 0.142. The van der Waals surface area contributed by atoms with Gasteiger partial charge in [-0.2, -0.15) is 0 Å². The molecule has 0 spiro atoms. The number of hydrogen-bond donors (Lipinski definition) is 3. The first kappa shape index (κ1) is 41.6. The van der Waals surface area contributed by atoms with Crippen LogP contribution in [0.4, 0.5) is 41.1 Å². The van der Waals surface area contributed by atoms with Crippen LogP contribution in [-0.4, -0.2) is 118 Å². The van der Waals surface area contributed by atoms with Crippen LogP contribution in [-0.2, 0) is 31.1 Å². The molecule has 4 heterocycles. The average molecular weight is 789 g/mol. The fraction of sp³-hybridized carbons (Fsp3) is 0.484. The van der Waals surface area contributed by atoms with Crippen molar-refractivity contribution in [2.24, 2.45) is 10.7 Å². The van der Waals surface area contributed by atoms with Crippen LogP contribution < -0.4 is 36.8 Å². The monoisotopic (exact) mass is 788 g/mol. The van der Waals surface area contributed by atoms with Gasteiger partial charge in [-0.25, -0.2) is 23.4 Å². The number of rotatable bonds is 8. The Morgan fingerprint density at radius 1 is 0.863 bits per heavy atom. The third kappa shape index (κ3) is 10.8. The van der Waals surface area contributed by atoms with Gasteiger partial charge < -0.3 is 36.5 Å². The lowest BCUT2D eigenvalue weighted by atomic mass is 10.2. The molecule has 0 radical (unpaired) electrons. The van der Waals surface area contributed by atoms with Gasteiger partial charge in [0.1, 0.15) is 23.8 Å². The van der Waals surface area contributed by atoms with Crippen LogP contribution in [0.1, 0.15) is 7.43 Å². The molecular weight excluding hydrogens is 747 g/mol. The molecule has 280 valence electrons. The lowest BCUT2D eigenvalue weighted by Crippen LogP contribution is -2.38. The minimum absolute atomic E-state index is 0. The summed E-state index contributed by atoms with van der Waals surface area (Å²) in [6, 6.07) is 9.32. The third-order valence-electron chi connectivity index (χ3n) is 8.13. The van der Waals surface area contributed by atoms with Crippen LogP contribution in [0, 0.1) is 11.6 Å².